The lowest BCUT2D eigenvalue weighted by atomic mass is 10.1. The summed E-state index contributed by atoms with van der Waals surface area (Å²) in [6, 6.07) is 6.65. The minimum Gasteiger partial charge on any atom is -0.370 e. The van der Waals surface area contributed by atoms with Gasteiger partial charge in [0.15, 0.2) is 5.96 Å². The molecular weight excluding hydrogens is 224 g/mol. The van der Waals surface area contributed by atoms with Crippen LogP contribution in [-0.4, -0.2) is 31.5 Å². The van der Waals surface area contributed by atoms with Crippen LogP contribution in [0.25, 0.3) is 0 Å². The molecule has 4 nitrogen and oxygen atoms in total. The van der Waals surface area contributed by atoms with Gasteiger partial charge >= 0.3 is 0 Å². The molecule has 0 amide bonds. The van der Waals surface area contributed by atoms with Crippen molar-refractivity contribution in [1.29, 1.82) is 5.41 Å². The van der Waals surface area contributed by atoms with Gasteiger partial charge in [0.25, 0.3) is 0 Å². The maximum absolute atomic E-state index is 7.39. The molecule has 2 rings (SSSR count). The third-order valence-electron chi connectivity index (χ3n) is 3.61. The Morgan fingerprint density at radius 1 is 1.44 bits per heavy atom. The summed E-state index contributed by atoms with van der Waals surface area (Å²) in [4.78, 5) is 1.75. The smallest absolute Gasteiger partial charge is 0.188 e. The lowest BCUT2D eigenvalue weighted by molar-refractivity contribution is 0.491. The number of nitrogens with one attached hydrogen (secondary N) is 2. The molecule has 4 heteroatoms. The summed E-state index contributed by atoms with van der Waals surface area (Å²) in [5.41, 5.74) is 9.63. The van der Waals surface area contributed by atoms with Crippen LogP contribution >= 0.6 is 0 Å². The molecule has 0 aliphatic heterocycles. The van der Waals surface area contributed by atoms with Gasteiger partial charge in [0.2, 0.25) is 0 Å². The molecule has 0 saturated heterocycles. The second kappa shape index (κ2) is 5.40. The Labute approximate surface area is 109 Å². The Hall–Kier alpha value is -1.55. The van der Waals surface area contributed by atoms with Gasteiger partial charge in [-0.1, -0.05) is 18.2 Å². The number of hydrogen-bond donors (Lipinski definition) is 3. The molecule has 0 aromatic heterocycles. The van der Waals surface area contributed by atoms with E-state index in [0.717, 1.165) is 18.9 Å². The number of nitrogens with zero attached hydrogens (tertiary/aromatic N) is 1. The van der Waals surface area contributed by atoms with Gasteiger partial charge in [0, 0.05) is 13.6 Å². The van der Waals surface area contributed by atoms with Gasteiger partial charge in [0.05, 0.1) is 0 Å². The number of hydrogen-bond acceptors (Lipinski definition) is 2. The van der Waals surface area contributed by atoms with E-state index in [9.17, 15) is 0 Å². The molecule has 1 aliphatic rings. The van der Waals surface area contributed by atoms with Crippen LogP contribution in [0.3, 0.4) is 0 Å². The molecule has 98 valence electrons. The van der Waals surface area contributed by atoms with Crippen molar-refractivity contribution in [2.75, 3.05) is 20.6 Å². The van der Waals surface area contributed by atoms with Gasteiger partial charge in [-0.25, -0.2) is 0 Å². The van der Waals surface area contributed by atoms with Crippen molar-refractivity contribution in [3.8, 4) is 0 Å². The molecule has 1 aliphatic carbocycles. The number of benzene rings is 1. The van der Waals surface area contributed by atoms with E-state index in [1.165, 1.54) is 23.1 Å². The zero-order valence-corrected chi connectivity index (χ0v) is 11.2. The van der Waals surface area contributed by atoms with Gasteiger partial charge in [-0.05, 0) is 49.0 Å². The lowest BCUT2D eigenvalue weighted by Gasteiger charge is -2.17. The number of rotatable bonds is 4. The van der Waals surface area contributed by atoms with E-state index in [4.69, 9.17) is 11.1 Å². The first-order valence-corrected chi connectivity index (χ1v) is 6.40. The molecule has 0 heterocycles. The molecule has 0 saturated carbocycles. The molecule has 1 atom stereocenters. The standard InChI is InChI=1S/C14H22N4/c1-17-8-11-6-12-4-3-10(5-13(12)7-11)9-18(2)14(15)16/h3-5,11,17H,6-9H2,1-2H3,(H3,15,16). The number of guanidine groups is 1. The fourth-order valence-electron chi connectivity index (χ4n) is 2.65. The van der Waals surface area contributed by atoms with E-state index in [0.29, 0.717) is 6.54 Å². The van der Waals surface area contributed by atoms with Crippen LogP contribution in [0.4, 0.5) is 0 Å². The summed E-state index contributed by atoms with van der Waals surface area (Å²) >= 11 is 0. The molecule has 18 heavy (non-hydrogen) atoms. The van der Waals surface area contributed by atoms with Gasteiger partial charge in [-0.3, -0.25) is 5.41 Å². The molecule has 0 bridgehead atoms. The third-order valence-corrected chi connectivity index (χ3v) is 3.61. The fourth-order valence-corrected chi connectivity index (χ4v) is 2.65. The normalized spacial score (nSPS) is 17.6. The zero-order chi connectivity index (χ0) is 13.1. The van der Waals surface area contributed by atoms with Crippen LogP contribution in [-0.2, 0) is 19.4 Å². The first-order valence-electron chi connectivity index (χ1n) is 6.40. The molecule has 1 aromatic rings. The van der Waals surface area contributed by atoms with Crippen LogP contribution in [0.1, 0.15) is 16.7 Å². The van der Waals surface area contributed by atoms with Crippen LogP contribution in [0.15, 0.2) is 18.2 Å². The second-order valence-electron chi connectivity index (χ2n) is 5.18. The van der Waals surface area contributed by atoms with Gasteiger partial charge < -0.3 is 16.0 Å². The largest absolute Gasteiger partial charge is 0.370 e. The highest BCUT2D eigenvalue weighted by atomic mass is 15.2. The lowest BCUT2D eigenvalue weighted by Crippen LogP contribution is -2.32. The molecule has 1 aromatic carbocycles. The average Bonchev–Trinajstić information content (AvgIpc) is 2.71. The topological polar surface area (TPSA) is 65.1 Å². The SMILES string of the molecule is CNCC1Cc2ccc(CN(C)C(=N)N)cc2C1. The van der Waals surface area contributed by atoms with Crippen molar-refractivity contribution in [2.24, 2.45) is 11.7 Å². The minimum absolute atomic E-state index is 0.114. The summed E-state index contributed by atoms with van der Waals surface area (Å²) in [6.45, 7) is 1.79. The van der Waals surface area contributed by atoms with E-state index in [2.05, 4.69) is 23.5 Å². The quantitative estimate of drug-likeness (QED) is 0.547. The van der Waals surface area contributed by atoms with Crippen molar-refractivity contribution in [3.05, 3.63) is 34.9 Å². The first kappa shape index (κ1) is 12.9. The Kier molecular flexibility index (Phi) is 3.87. The van der Waals surface area contributed by atoms with E-state index in [1.54, 1.807) is 4.90 Å². The minimum atomic E-state index is 0.114. The predicted molar refractivity (Wildman–Crippen MR) is 74.6 cm³/mol. The zero-order valence-electron chi connectivity index (χ0n) is 11.2. The molecule has 1 unspecified atom stereocenters. The number of nitrogens with two attached hydrogens (primary N) is 1. The molecule has 0 spiro atoms. The number of fused-ring (bicyclic) bond motifs is 1. The van der Waals surface area contributed by atoms with E-state index < -0.39 is 0 Å². The summed E-state index contributed by atoms with van der Waals surface area (Å²) in [5.74, 6) is 0.842. The average molecular weight is 246 g/mol. The second-order valence-corrected chi connectivity index (χ2v) is 5.18. The fraction of sp³-hybridized carbons (Fsp3) is 0.500. The van der Waals surface area contributed by atoms with Crippen molar-refractivity contribution in [1.82, 2.24) is 10.2 Å². The van der Waals surface area contributed by atoms with Gasteiger partial charge in [-0.2, -0.15) is 0 Å². The van der Waals surface area contributed by atoms with Crippen molar-refractivity contribution in [2.45, 2.75) is 19.4 Å². The van der Waals surface area contributed by atoms with Crippen molar-refractivity contribution >= 4 is 5.96 Å². The summed E-state index contributed by atoms with van der Waals surface area (Å²) in [7, 11) is 3.86. The van der Waals surface area contributed by atoms with Crippen LogP contribution in [0, 0.1) is 11.3 Å². The predicted octanol–water partition coefficient (Wildman–Crippen LogP) is 0.946. The monoisotopic (exact) mass is 246 g/mol. The molecule has 0 fully saturated rings. The highest BCUT2D eigenvalue weighted by molar-refractivity contribution is 5.74. The Balaban J connectivity index is 2.06. The van der Waals surface area contributed by atoms with Crippen LogP contribution < -0.4 is 11.1 Å². The summed E-state index contributed by atoms with van der Waals surface area (Å²) < 4.78 is 0. The van der Waals surface area contributed by atoms with Gasteiger partial charge in [0.1, 0.15) is 0 Å². The van der Waals surface area contributed by atoms with E-state index in [-0.39, 0.29) is 5.96 Å². The van der Waals surface area contributed by atoms with E-state index >= 15 is 0 Å². The highest BCUT2D eigenvalue weighted by Crippen LogP contribution is 2.27. The Bertz CT molecular complexity index is 441. The highest BCUT2D eigenvalue weighted by Gasteiger charge is 2.20. The maximum Gasteiger partial charge on any atom is 0.188 e. The molecule has 0 radical (unpaired) electrons. The van der Waals surface area contributed by atoms with E-state index in [1.807, 2.05) is 14.1 Å². The van der Waals surface area contributed by atoms with Gasteiger partial charge in [-0.15, -0.1) is 0 Å². The molecule has 4 N–H and O–H groups in total. The van der Waals surface area contributed by atoms with Crippen molar-refractivity contribution < 1.29 is 0 Å². The summed E-state index contributed by atoms with van der Waals surface area (Å²) in [5, 5.41) is 10.6. The third kappa shape index (κ3) is 2.82. The van der Waals surface area contributed by atoms with Crippen molar-refractivity contribution in [3.63, 3.8) is 0 Å². The van der Waals surface area contributed by atoms with Crippen LogP contribution in [0.2, 0.25) is 0 Å². The Morgan fingerprint density at radius 2 is 2.17 bits per heavy atom. The Morgan fingerprint density at radius 3 is 2.83 bits per heavy atom. The maximum atomic E-state index is 7.39. The first-order chi connectivity index (χ1) is 8.60. The molecular formula is C14H22N4. The summed E-state index contributed by atoms with van der Waals surface area (Å²) in [6.07, 6.45) is 2.34. The van der Waals surface area contributed by atoms with Crippen LogP contribution in [0.5, 0.6) is 0 Å².